The monoisotopic (exact) mass is 558 g/mol. The fraction of sp³-hybridized carbons (Fsp3) is 0.559. The summed E-state index contributed by atoms with van der Waals surface area (Å²) >= 11 is 0. The van der Waals surface area contributed by atoms with E-state index in [2.05, 4.69) is 91.5 Å². The van der Waals surface area contributed by atoms with Gasteiger partial charge in [0.1, 0.15) is 0 Å². The summed E-state index contributed by atoms with van der Waals surface area (Å²) in [5.41, 5.74) is 7.31. The number of aromatic nitrogens is 3. The molecule has 1 amide bonds. The highest BCUT2D eigenvalue weighted by atomic mass is 16.4. The number of aliphatic carboxylic acids is 1. The molecule has 2 N–H and O–H groups in total. The van der Waals surface area contributed by atoms with Crippen LogP contribution in [0, 0.1) is 18.8 Å². The maximum Gasteiger partial charge on any atom is 0.306 e. The van der Waals surface area contributed by atoms with Crippen molar-refractivity contribution < 1.29 is 14.7 Å². The van der Waals surface area contributed by atoms with Crippen molar-refractivity contribution in [2.24, 2.45) is 11.8 Å². The minimum atomic E-state index is -0.776. The van der Waals surface area contributed by atoms with E-state index >= 15 is 0 Å². The summed E-state index contributed by atoms with van der Waals surface area (Å²) in [5, 5.41) is 17.0. The molecule has 2 aromatic heterocycles. The van der Waals surface area contributed by atoms with E-state index in [-0.39, 0.29) is 29.3 Å². The first-order chi connectivity index (χ1) is 19.4. The molecular formula is C34H46N4O3. The Hall–Kier alpha value is -3.35. The molecule has 0 unspecified atom stereocenters. The third kappa shape index (κ3) is 6.00. The van der Waals surface area contributed by atoms with E-state index in [1.165, 1.54) is 43.2 Å². The highest BCUT2D eigenvalue weighted by molar-refractivity contribution is 5.97. The molecule has 2 aliphatic carbocycles. The second kappa shape index (κ2) is 11.5. The second-order valence-corrected chi connectivity index (χ2v) is 13.6. The van der Waals surface area contributed by atoms with E-state index in [0.29, 0.717) is 24.3 Å². The van der Waals surface area contributed by atoms with Crippen LogP contribution in [0.3, 0.4) is 0 Å². The molecule has 0 radical (unpaired) electrons. The van der Waals surface area contributed by atoms with Crippen LogP contribution in [-0.4, -0.2) is 37.4 Å². The van der Waals surface area contributed by atoms with Gasteiger partial charge in [0.25, 0.3) is 5.91 Å². The van der Waals surface area contributed by atoms with Crippen LogP contribution < -0.4 is 5.32 Å². The molecule has 2 aliphatic rings. The van der Waals surface area contributed by atoms with Crippen LogP contribution in [0.5, 0.6) is 0 Å². The normalized spacial score (nSPS) is 19.8. The fourth-order valence-electron chi connectivity index (χ4n) is 6.66. The van der Waals surface area contributed by atoms with Crippen molar-refractivity contribution in [2.75, 3.05) is 0 Å². The maximum absolute atomic E-state index is 13.5. The summed E-state index contributed by atoms with van der Waals surface area (Å²) in [6.07, 6.45) is 9.17. The van der Waals surface area contributed by atoms with Crippen LogP contribution in [0.15, 0.2) is 36.5 Å². The SMILES string of the molecule is Cc1c(C(=O)N[C@H]2C[C@H](C(=O)O)C2)cc(-c2ccc(-c3ccnn3C(C)C)c(C(C)(C)C)c2)n1CC1CCCCC1. The molecule has 0 spiro atoms. The lowest BCUT2D eigenvalue weighted by atomic mass is 9.80. The predicted octanol–water partition coefficient (Wildman–Crippen LogP) is 7.38. The van der Waals surface area contributed by atoms with Gasteiger partial charge in [0.2, 0.25) is 0 Å². The van der Waals surface area contributed by atoms with Crippen molar-refractivity contribution in [1.82, 2.24) is 19.7 Å². The van der Waals surface area contributed by atoms with Gasteiger partial charge in [0.15, 0.2) is 0 Å². The molecule has 0 aliphatic heterocycles. The van der Waals surface area contributed by atoms with Gasteiger partial charge in [-0.05, 0) is 87.1 Å². The van der Waals surface area contributed by atoms with Crippen LogP contribution in [0.25, 0.3) is 22.5 Å². The Morgan fingerprint density at radius 3 is 2.39 bits per heavy atom. The van der Waals surface area contributed by atoms with E-state index in [1.807, 2.05) is 6.20 Å². The van der Waals surface area contributed by atoms with E-state index in [9.17, 15) is 14.7 Å². The Morgan fingerprint density at radius 2 is 1.76 bits per heavy atom. The molecule has 2 fully saturated rings. The summed E-state index contributed by atoms with van der Waals surface area (Å²) in [6, 6.07) is 11.1. The minimum Gasteiger partial charge on any atom is -0.481 e. The minimum absolute atomic E-state index is 0.0780. The third-order valence-electron chi connectivity index (χ3n) is 9.16. The molecular weight excluding hydrogens is 512 g/mol. The van der Waals surface area contributed by atoms with Gasteiger partial charge in [0.05, 0.1) is 17.2 Å². The summed E-state index contributed by atoms with van der Waals surface area (Å²) in [6.45, 7) is 14.0. The number of benzene rings is 1. The number of rotatable bonds is 8. The Bertz CT molecular complexity index is 1410. The largest absolute Gasteiger partial charge is 0.481 e. The smallest absolute Gasteiger partial charge is 0.306 e. The highest BCUT2D eigenvalue weighted by Crippen LogP contribution is 2.39. The molecule has 41 heavy (non-hydrogen) atoms. The number of carbonyl (C=O) groups is 2. The number of hydrogen-bond donors (Lipinski definition) is 2. The van der Waals surface area contributed by atoms with Crippen LogP contribution in [0.2, 0.25) is 0 Å². The van der Waals surface area contributed by atoms with Gasteiger partial charge in [0, 0.05) is 41.8 Å². The standard InChI is InChI=1S/C34H46N4O3/c1-21(2)38-30(14-15-35-38)27-13-12-24(18-29(27)34(4,5)6)31-19-28(32(39)36-26-16-25(17-26)33(40)41)22(3)37(31)20-23-10-8-7-9-11-23/h12-15,18-19,21,23,25-26H,7-11,16-17,20H2,1-6H3,(H,36,39)(H,40,41)/t25-,26-. The predicted molar refractivity (Wildman–Crippen MR) is 163 cm³/mol. The van der Waals surface area contributed by atoms with Gasteiger partial charge in [-0.25, -0.2) is 0 Å². The summed E-state index contributed by atoms with van der Waals surface area (Å²) in [5.74, 6) is -0.626. The number of carboxylic acid groups (broad SMARTS) is 1. The first-order valence-corrected chi connectivity index (χ1v) is 15.4. The molecule has 0 bridgehead atoms. The van der Waals surface area contributed by atoms with Gasteiger partial charge >= 0.3 is 5.97 Å². The Kier molecular flexibility index (Phi) is 8.18. The van der Waals surface area contributed by atoms with Gasteiger partial charge in [-0.1, -0.05) is 52.2 Å². The number of nitrogens with zero attached hydrogens (tertiary/aromatic N) is 3. The summed E-state index contributed by atoms with van der Waals surface area (Å²) < 4.78 is 4.45. The molecule has 2 saturated carbocycles. The Morgan fingerprint density at radius 1 is 1.05 bits per heavy atom. The van der Waals surface area contributed by atoms with E-state index in [0.717, 1.165) is 29.2 Å². The van der Waals surface area contributed by atoms with Crippen LogP contribution in [-0.2, 0) is 16.8 Å². The molecule has 220 valence electrons. The van der Waals surface area contributed by atoms with Crippen LogP contribution in [0.4, 0.5) is 0 Å². The van der Waals surface area contributed by atoms with Crippen molar-refractivity contribution in [3.05, 3.63) is 53.3 Å². The zero-order chi connectivity index (χ0) is 29.5. The quantitative estimate of drug-likeness (QED) is 0.302. The lowest BCUT2D eigenvalue weighted by Gasteiger charge is -2.32. The van der Waals surface area contributed by atoms with Crippen molar-refractivity contribution >= 4 is 11.9 Å². The lowest BCUT2D eigenvalue weighted by Crippen LogP contribution is -2.46. The maximum atomic E-state index is 13.5. The first kappa shape index (κ1) is 29.2. The number of hydrogen-bond acceptors (Lipinski definition) is 3. The topological polar surface area (TPSA) is 89.2 Å². The zero-order valence-corrected chi connectivity index (χ0v) is 25.5. The van der Waals surface area contributed by atoms with Crippen LogP contribution in [0.1, 0.15) is 107 Å². The van der Waals surface area contributed by atoms with Crippen LogP contribution >= 0.6 is 0 Å². The number of carbonyl (C=O) groups excluding carboxylic acids is 1. The summed E-state index contributed by atoms with van der Waals surface area (Å²) in [4.78, 5) is 24.7. The Balaban J connectivity index is 1.55. The average molecular weight is 559 g/mol. The number of carboxylic acids is 1. The molecule has 1 aromatic carbocycles. The van der Waals surface area contributed by atoms with E-state index in [1.54, 1.807) is 0 Å². The number of amides is 1. The first-order valence-electron chi connectivity index (χ1n) is 15.4. The zero-order valence-electron chi connectivity index (χ0n) is 25.5. The molecule has 5 rings (SSSR count). The van der Waals surface area contributed by atoms with Gasteiger partial charge < -0.3 is 15.0 Å². The highest BCUT2D eigenvalue weighted by Gasteiger charge is 2.36. The third-order valence-corrected chi connectivity index (χ3v) is 9.16. The lowest BCUT2D eigenvalue weighted by molar-refractivity contribution is -0.145. The van der Waals surface area contributed by atoms with Crippen molar-refractivity contribution in [3.63, 3.8) is 0 Å². The van der Waals surface area contributed by atoms with E-state index < -0.39 is 5.97 Å². The molecule has 2 heterocycles. The van der Waals surface area contributed by atoms with Crippen molar-refractivity contribution in [2.45, 2.75) is 111 Å². The summed E-state index contributed by atoms with van der Waals surface area (Å²) in [7, 11) is 0. The van der Waals surface area contributed by atoms with Gasteiger partial charge in [-0.2, -0.15) is 5.10 Å². The van der Waals surface area contributed by atoms with Crippen molar-refractivity contribution in [1.29, 1.82) is 0 Å². The number of nitrogens with one attached hydrogen (secondary N) is 1. The Labute approximate surface area is 244 Å². The van der Waals surface area contributed by atoms with Gasteiger partial charge in [-0.15, -0.1) is 0 Å². The fourth-order valence-corrected chi connectivity index (χ4v) is 6.66. The molecule has 0 saturated heterocycles. The van der Waals surface area contributed by atoms with Crippen molar-refractivity contribution in [3.8, 4) is 22.5 Å². The molecule has 0 atom stereocenters. The second-order valence-electron chi connectivity index (χ2n) is 13.6. The molecule has 7 nitrogen and oxygen atoms in total. The average Bonchev–Trinajstić information content (AvgIpc) is 3.51. The molecule has 3 aromatic rings. The van der Waals surface area contributed by atoms with E-state index in [4.69, 9.17) is 0 Å². The molecule has 7 heteroatoms. The van der Waals surface area contributed by atoms with Gasteiger partial charge in [-0.3, -0.25) is 14.3 Å².